The second-order valence-electron chi connectivity index (χ2n) is 7.05. The van der Waals surface area contributed by atoms with Crippen molar-refractivity contribution in [1.82, 2.24) is 9.62 Å². The molecule has 1 aromatic carbocycles. The zero-order valence-corrected chi connectivity index (χ0v) is 16.7. The first-order chi connectivity index (χ1) is 12.5. The van der Waals surface area contributed by atoms with E-state index in [9.17, 15) is 23.1 Å². The van der Waals surface area contributed by atoms with Gasteiger partial charge in [0.05, 0.1) is 17.1 Å². The van der Waals surface area contributed by atoms with Crippen LogP contribution in [0.4, 0.5) is 0 Å². The summed E-state index contributed by atoms with van der Waals surface area (Å²) in [6.45, 7) is 7.13. The normalized spacial score (nSPS) is 23.4. The van der Waals surface area contributed by atoms with Crippen molar-refractivity contribution in [2.24, 2.45) is 0 Å². The van der Waals surface area contributed by atoms with Gasteiger partial charge in [0.1, 0.15) is 5.54 Å². The van der Waals surface area contributed by atoms with Crippen molar-refractivity contribution in [3.05, 3.63) is 29.8 Å². The number of rotatable bonds is 6. The summed E-state index contributed by atoms with van der Waals surface area (Å²) in [5.41, 5.74) is -1.34. The third-order valence-corrected chi connectivity index (χ3v) is 6.52. The fraction of sp³-hybridized carbons (Fsp3) is 0.556. The number of hydrogen-bond acceptors (Lipinski definition) is 5. The highest BCUT2D eigenvalue weighted by atomic mass is 32.2. The minimum Gasteiger partial charge on any atom is -0.480 e. The van der Waals surface area contributed by atoms with Crippen molar-refractivity contribution in [2.75, 3.05) is 13.1 Å². The van der Waals surface area contributed by atoms with E-state index in [0.717, 1.165) is 0 Å². The summed E-state index contributed by atoms with van der Waals surface area (Å²) in [4.78, 5) is 23.9. The molecule has 9 heteroatoms. The van der Waals surface area contributed by atoms with Gasteiger partial charge in [0.15, 0.2) is 0 Å². The Balaban J connectivity index is 2.29. The zero-order valence-electron chi connectivity index (χ0n) is 15.9. The van der Waals surface area contributed by atoms with Crippen molar-refractivity contribution >= 4 is 21.9 Å². The van der Waals surface area contributed by atoms with E-state index in [4.69, 9.17) is 4.74 Å². The summed E-state index contributed by atoms with van der Waals surface area (Å²) in [5.74, 6) is -1.79. The monoisotopic (exact) mass is 398 g/mol. The first kappa shape index (κ1) is 21.3. The second kappa shape index (κ2) is 7.95. The summed E-state index contributed by atoms with van der Waals surface area (Å²) in [7, 11) is -3.79. The van der Waals surface area contributed by atoms with Crippen molar-refractivity contribution in [1.29, 1.82) is 0 Å². The molecule has 150 valence electrons. The molecule has 27 heavy (non-hydrogen) atoms. The molecule has 1 amide bonds. The molecule has 0 bridgehead atoms. The summed E-state index contributed by atoms with van der Waals surface area (Å²) in [6, 6.07) is 5.62. The molecule has 1 aromatic rings. The van der Waals surface area contributed by atoms with Gasteiger partial charge in [-0.1, -0.05) is 13.0 Å². The highest BCUT2D eigenvalue weighted by molar-refractivity contribution is 7.89. The molecule has 1 aliphatic heterocycles. The van der Waals surface area contributed by atoms with Crippen LogP contribution in [0.5, 0.6) is 0 Å². The van der Waals surface area contributed by atoms with Gasteiger partial charge in [0, 0.05) is 18.7 Å². The number of sulfonamides is 1. The molecule has 1 heterocycles. The van der Waals surface area contributed by atoms with Crippen molar-refractivity contribution in [2.45, 2.75) is 56.8 Å². The number of morpholine rings is 1. The maximum Gasteiger partial charge on any atom is 0.329 e. The van der Waals surface area contributed by atoms with Crippen LogP contribution in [0.25, 0.3) is 0 Å². The molecule has 2 N–H and O–H groups in total. The van der Waals surface area contributed by atoms with E-state index < -0.39 is 27.4 Å². The van der Waals surface area contributed by atoms with Gasteiger partial charge in [0.2, 0.25) is 10.0 Å². The molecule has 0 radical (unpaired) electrons. The van der Waals surface area contributed by atoms with E-state index in [-0.39, 0.29) is 42.2 Å². The lowest BCUT2D eigenvalue weighted by molar-refractivity contribution is -0.143. The third-order valence-electron chi connectivity index (χ3n) is 4.69. The Kier molecular flexibility index (Phi) is 6.28. The predicted molar refractivity (Wildman–Crippen MR) is 99.0 cm³/mol. The number of nitrogens with one attached hydrogen (secondary N) is 1. The molecule has 0 aromatic heterocycles. The van der Waals surface area contributed by atoms with Crippen LogP contribution in [0.2, 0.25) is 0 Å². The molecule has 1 aliphatic rings. The summed E-state index contributed by atoms with van der Waals surface area (Å²) in [6.07, 6.45) is -0.262. The van der Waals surface area contributed by atoms with Crippen LogP contribution in [0.15, 0.2) is 29.2 Å². The number of aliphatic carboxylic acids is 1. The lowest BCUT2D eigenvalue weighted by Gasteiger charge is -2.34. The Morgan fingerprint density at radius 1 is 1.30 bits per heavy atom. The van der Waals surface area contributed by atoms with Crippen LogP contribution >= 0.6 is 0 Å². The number of nitrogens with zero attached hydrogens (tertiary/aromatic N) is 1. The molecule has 0 saturated carbocycles. The molecule has 3 atom stereocenters. The lowest BCUT2D eigenvalue weighted by Crippen LogP contribution is -2.51. The SMILES string of the molecule is CCC(C)(NC(=O)c1cccc(S(=O)(=O)N2CC(C)OC(C)C2)c1)C(=O)O. The third kappa shape index (κ3) is 4.66. The van der Waals surface area contributed by atoms with Gasteiger partial charge >= 0.3 is 5.97 Å². The molecule has 0 spiro atoms. The second-order valence-corrected chi connectivity index (χ2v) is 8.99. The first-order valence-corrected chi connectivity index (χ1v) is 10.2. The van der Waals surface area contributed by atoms with E-state index in [0.29, 0.717) is 0 Å². The first-order valence-electron chi connectivity index (χ1n) is 8.81. The number of carbonyl (C=O) groups is 2. The smallest absolute Gasteiger partial charge is 0.329 e. The summed E-state index contributed by atoms with van der Waals surface area (Å²) in [5, 5.41) is 11.8. The standard InChI is InChI=1S/C18H26N2O6S/c1-5-18(4,17(22)23)19-16(21)14-7-6-8-15(9-14)27(24,25)20-10-12(2)26-13(3)11-20/h6-9,12-13H,5,10-11H2,1-4H3,(H,19,21)(H,22,23). The Bertz CT molecular complexity index is 815. The molecular formula is C18H26N2O6S. The molecule has 1 fully saturated rings. The molecule has 1 saturated heterocycles. The van der Waals surface area contributed by atoms with Crippen LogP contribution in [0, 0.1) is 0 Å². The molecule has 2 rings (SSSR count). The minimum absolute atomic E-state index is 0.00928. The van der Waals surface area contributed by atoms with E-state index in [2.05, 4.69) is 5.32 Å². The Hall–Kier alpha value is -1.97. The van der Waals surface area contributed by atoms with Crippen LogP contribution in [0.1, 0.15) is 44.5 Å². The van der Waals surface area contributed by atoms with Crippen molar-refractivity contribution in [3.63, 3.8) is 0 Å². The quantitative estimate of drug-likeness (QED) is 0.750. The van der Waals surface area contributed by atoms with Crippen molar-refractivity contribution in [3.8, 4) is 0 Å². The molecular weight excluding hydrogens is 372 g/mol. The zero-order chi connectivity index (χ0) is 20.4. The van der Waals surface area contributed by atoms with Crippen LogP contribution in [0.3, 0.4) is 0 Å². The Labute approximate surface area is 159 Å². The fourth-order valence-electron chi connectivity index (χ4n) is 2.89. The largest absolute Gasteiger partial charge is 0.480 e. The average Bonchev–Trinajstić information content (AvgIpc) is 2.60. The number of hydrogen-bond donors (Lipinski definition) is 2. The van der Waals surface area contributed by atoms with Gasteiger partial charge in [-0.15, -0.1) is 0 Å². The maximum atomic E-state index is 12.9. The summed E-state index contributed by atoms with van der Waals surface area (Å²) < 4.78 is 32.8. The van der Waals surface area contributed by atoms with Gasteiger partial charge in [0.25, 0.3) is 5.91 Å². The van der Waals surface area contributed by atoms with Crippen LogP contribution in [-0.4, -0.2) is 60.5 Å². The topological polar surface area (TPSA) is 113 Å². The van der Waals surface area contributed by atoms with Gasteiger partial charge in [-0.05, 0) is 45.4 Å². The van der Waals surface area contributed by atoms with Gasteiger partial charge in [-0.25, -0.2) is 13.2 Å². The number of benzene rings is 1. The fourth-order valence-corrected chi connectivity index (χ4v) is 4.53. The van der Waals surface area contributed by atoms with E-state index >= 15 is 0 Å². The minimum atomic E-state index is -3.79. The van der Waals surface area contributed by atoms with Gasteiger partial charge in [-0.2, -0.15) is 4.31 Å². The number of carboxylic acids is 1. The maximum absolute atomic E-state index is 12.9. The predicted octanol–water partition coefficient (Wildman–Crippen LogP) is 1.47. The van der Waals surface area contributed by atoms with E-state index in [1.165, 1.54) is 35.5 Å². The van der Waals surface area contributed by atoms with E-state index in [1.54, 1.807) is 20.8 Å². The molecule has 3 unspecified atom stereocenters. The Morgan fingerprint density at radius 3 is 2.41 bits per heavy atom. The van der Waals surface area contributed by atoms with Gasteiger partial charge in [-0.3, -0.25) is 4.79 Å². The van der Waals surface area contributed by atoms with Crippen molar-refractivity contribution < 1.29 is 27.9 Å². The highest BCUT2D eigenvalue weighted by Gasteiger charge is 2.34. The number of ether oxygens (including phenoxy) is 1. The van der Waals surface area contributed by atoms with Crippen LogP contribution in [-0.2, 0) is 19.6 Å². The van der Waals surface area contributed by atoms with Gasteiger partial charge < -0.3 is 15.2 Å². The number of carboxylic acid groups (broad SMARTS) is 1. The Morgan fingerprint density at radius 2 is 1.89 bits per heavy atom. The average molecular weight is 398 g/mol. The van der Waals surface area contributed by atoms with Crippen LogP contribution < -0.4 is 5.32 Å². The number of amides is 1. The van der Waals surface area contributed by atoms with E-state index in [1.807, 2.05) is 0 Å². The highest BCUT2D eigenvalue weighted by Crippen LogP contribution is 2.22. The molecule has 0 aliphatic carbocycles. The number of carbonyl (C=O) groups excluding carboxylic acids is 1. The summed E-state index contributed by atoms with van der Waals surface area (Å²) >= 11 is 0. The lowest BCUT2D eigenvalue weighted by atomic mass is 9.98. The molecule has 8 nitrogen and oxygen atoms in total.